The molecule has 0 amide bonds. The molecule has 2 aromatic heterocycles. The van der Waals surface area contributed by atoms with Gasteiger partial charge in [0.2, 0.25) is 0 Å². The number of rotatable bonds is 4. The molecule has 2 rings (SSSR count). The van der Waals surface area contributed by atoms with E-state index < -0.39 is 15.8 Å². The molecule has 0 N–H and O–H groups in total. The fourth-order valence-corrected chi connectivity index (χ4v) is 2.71. The van der Waals surface area contributed by atoms with E-state index in [1.807, 2.05) is 0 Å². The van der Waals surface area contributed by atoms with Crippen molar-refractivity contribution in [2.45, 2.75) is 11.9 Å². The molecule has 0 aliphatic heterocycles. The minimum absolute atomic E-state index is 0.0850. The van der Waals surface area contributed by atoms with Crippen molar-refractivity contribution in [2.24, 2.45) is 0 Å². The molecule has 20 heavy (non-hydrogen) atoms. The van der Waals surface area contributed by atoms with Crippen molar-refractivity contribution >= 4 is 15.8 Å². The van der Waals surface area contributed by atoms with Gasteiger partial charge in [-0.1, -0.05) is 0 Å². The standard InChI is InChI=1S/C12H13N3O4S/c1-3-19-12(16)10-8-14-15(11(10)20(2,17)18)9-5-4-6-13-7-9/h4-8H,3H2,1-2H3. The fraction of sp³-hybridized carbons (Fsp3) is 0.250. The molecule has 0 aliphatic carbocycles. The Bertz CT molecular complexity index is 722. The molecule has 0 aromatic carbocycles. The summed E-state index contributed by atoms with van der Waals surface area (Å²) in [6.45, 7) is 1.80. The minimum atomic E-state index is -3.66. The molecule has 0 saturated heterocycles. The predicted octanol–water partition coefficient (Wildman–Crippen LogP) is 0.847. The molecule has 0 aliphatic rings. The maximum absolute atomic E-state index is 11.9. The summed E-state index contributed by atoms with van der Waals surface area (Å²) in [5, 5.41) is 3.75. The van der Waals surface area contributed by atoms with E-state index in [4.69, 9.17) is 4.74 Å². The van der Waals surface area contributed by atoms with Crippen LogP contribution in [0.1, 0.15) is 17.3 Å². The van der Waals surface area contributed by atoms with Crippen LogP contribution in [-0.2, 0) is 14.6 Å². The van der Waals surface area contributed by atoms with E-state index in [0.29, 0.717) is 5.69 Å². The SMILES string of the molecule is CCOC(=O)c1cnn(-c2cccnc2)c1S(C)(=O)=O. The highest BCUT2D eigenvalue weighted by molar-refractivity contribution is 7.90. The van der Waals surface area contributed by atoms with E-state index in [1.165, 1.54) is 12.4 Å². The van der Waals surface area contributed by atoms with Crippen LogP contribution in [0.5, 0.6) is 0 Å². The summed E-state index contributed by atoms with van der Waals surface area (Å²) in [5.74, 6) is -0.719. The zero-order chi connectivity index (χ0) is 14.8. The molecule has 2 aromatic rings. The van der Waals surface area contributed by atoms with Crippen molar-refractivity contribution in [3.8, 4) is 5.69 Å². The Morgan fingerprint density at radius 1 is 1.40 bits per heavy atom. The molecule has 0 unspecified atom stereocenters. The third-order valence-electron chi connectivity index (χ3n) is 2.46. The molecule has 7 nitrogen and oxygen atoms in total. The predicted molar refractivity (Wildman–Crippen MR) is 70.4 cm³/mol. The van der Waals surface area contributed by atoms with Crippen LogP contribution in [0.4, 0.5) is 0 Å². The molecular formula is C12H13N3O4S. The Morgan fingerprint density at radius 3 is 2.70 bits per heavy atom. The second-order valence-corrected chi connectivity index (χ2v) is 5.91. The fourth-order valence-electron chi connectivity index (χ4n) is 1.71. The Labute approximate surface area is 116 Å². The van der Waals surface area contributed by atoms with Crippen molar-refractivity contribution < 1.29 is 17.9 Å². The van der Waals surface area contributed by atoms with Gasteiger partial charge in [0.25, 0.3) is 0 Å². The largest absolute Gasteiger partial charge is 0.462 e. The number of aromatic nitrogens is 3. The summed E-state index contributed by atoms with van der Waals surface area (Å²) in [7, 11) is -3.66. The number of sulfone groups is 1. The van der Waals surface area contributed by atoms with Gasteiger partial charge in [-0.25, -0.2) is 17.9 Å². The molecular weight excluding hydrogens is 282 g/mol. The maximum atomic E-state index is 11.9. The molecule has 106 valence electrons. The van der Waals surface area contributed by atoms with Gasteiger partial charge >= 0.3 is 5.97 Å². The second-order valence-electron chi connectivity index (χ2n) is 3.98. The van der Waals surface area contributed by atoms with E-state index in [0.717, 1.165) is 10.9 Å². The van der Waals surface area contributed by atoms with Gasteiger partial charge in [0.15, 0.2) is 14.9 Å². The number of nitrogens with zero attached hydrogens (tertiary/aromatic N) is 3. The van der Waals surface area contributed by atoms with Crippen molar-refractivity contribution in [1.29, 1.82) is 0 Å². The van der Waals surface area contributed by atoms with Crippen molar-refractivity contribution in [3.63, 3.8) is 0 Å². The van der Waals surface area contributed by atoms with Crippen LogP contribution in [0.3, 0.4) is 0 Å². The quantitative estimate of drug-likeness (QED) is 0.776. The lowest BCUT2D eigenvalue weighted by Gasteiger charge is -2.07. The van der Waals surface area contributed by atoms with Crippen LogP contribution in [0.25, 0.3) is 5.69 Å². The zero-order valence-electron chi connectivity index (χ0n) is 11.0. The lowest BCUT2D eigenvalue weighted by Crippen LogP contribution is -2.13. The lowest BCUT2D eigenvalue weighted by molar-refractivity contribution is 0.0521. The van der Waals surface area contributed by atoms with Gasteiger partial charge in [-0.15, -0.1) is 0 Å². The summed E-state index contributed by atoms with van der Waals surface area (Å²) >= 11 is 0. The monoisotopic (exact) mass is 295 g/mol. The van der Waals surface area contributed by atoms with Crippen molar-refractivity contribution in [3.05, 3.63) is 36.3 Å². The molecule has 0 fully saturated rings. The van der Waals surface area contributed by atoms with Crippen LogP contribution in [0.2, 0.25) is 0 Å². The van der Waals surface area contributed by atoms with Crippen LogP contribution in [0.15, 0.2) is 35.7 Å². The average molecular weight is 295 g/mol. The normalized spacial score (nSPS) is 11.3. The van der Waals surface area contributed by atoms with Gasteiger partial charge in [0, 0.05) is 12.5 Å². The van der Waals surface area contributed by atoms with Crippen LogP contribution in [-0.4, -0.2) is 42.0 Å². The first-order valence-corrected chi connectivity index (χ1v) is 7.70. The van der Waals surface area contributed by atoms with Crippen LogP contribution < -0.4 is 0 Å². The third kappa shape index (κ3) is 2.69. The first-order chi connectivity index (χ1) is 9.45. The minimum Gasteiger partial charge on any atom is -0.462 e. The smallest absolute Gasteiger partial charge is 0.342 e. The van der Waals surface area contributed by atoms with Gasteiger partial charge in [0.1, 0.15) is 5.56 Å². The summed E-state index contributed by atoms with van der Waals surface area (Å²) < 4.78 is 29.9. The first-order valence-electron chi connectivity index (χ1n) is 5.80. The number of esters is 1. The van der Waals surface area contributed by atoms with Gasteiger partial charge in [-0.05, 0) is 19.1 Å². The molecule has 8 heteroatoms. The highest BCUT2D eigenvalue weighted by atomic mass is 32.2. The molecule has 0 spiro atoms. The lowest BCUT2D eigenvalue weighted by atomic mass is 10.3. The van der Waals surface area contributed by atoms with E-state index in [1.54, 1.807) is 25.3 Å². The Balaban J connectivity index is 2.64. The number of pyridine rings is 1. The van der Waals surface area contributed by atoms with Gasteiger partial charge < -0.3 is 4.74 Å². The van der Waals surface area contributed by atoms with Gasteiger partial charge in [0.05, 0.1) is 24.7 Å². The highest BCUT2D eigenvalue weighted by Crippen LogP contribution is 2.20. The van der Waals surface area contributed by atoms with Crippen molar-refractivity contribution in [2.75, 3.05) is 12.9 Å². The number of hydrogen-bond donors (Lipinski definition) is 0. The molecule has 2 heterocycles. The highest BCUT2D eigenvalue weighted by Gasteiger charge is 2.26. The molecule has 0 atom stereocenters. The Morgan fingerprint density at radius 2 is 2.15 bits per heavy atom. The Hall–Kier alpha value is -2.22. The number of ether oxygens (including phenoxy) is 1. The summed E-state index contributed by atoms with van der Waals surface area (Å²) in [5.41, 5.74) is 0.363. The summed E-state index contributed by atoms with van der Waals surface area (Å²) in [4.78, 5) is 15.7. The van der Waals surface area contributed by atoms with E-state index in [9.17, 15) is 13.2 Å². The third-order valence-corrected chi connectivity index (χ3v) is 3.56. The maximum Gasteiger partial charge on any atom is 0.342 e. The molecule has 0 bridgehead atoms. The van der Waals surface area contributed by atoms with Crippen LogP contribution >= 0.6 is 0 Å². The van der Waals surface area contributed by atoms with Gasteiger partial charge in [-0.3, -0.25) is 4.98 Å². The average Bonchev–Trinajstić information content (AvgIpc) is 2.84. The van der Waals surface area contributed by atoms with E-state index >= 15 is 0 Å². The zero-order valence-corrected chi connectivity index (χ0v) is 11.8. The number of hydrogen-bond acceptors (Lipinski definition) is 6. The van der Waals surface area contributed by atoms with Crippen molar-refractivity contribution in [1.82, 2.24) is 14.8 Å². The second kappa shape index (κ2) is 5.41. The first kappa shape index (κ1) is 14.2. The van der Waals surface area contributed by atoms with E-state index in [2.05, 4.69) is 10.1 Å². The van der Waals surface area contributed by atoms with E-state index in [-0.39, 0.29) is 17.2 Å². The summed E-state index contributed by atoms with van der Waals surface area (Å²) in [6.07, 6.45) is 5.21. The number of carbonyl (C=O) groups is 1. The molecule has 0 radical (unpaired) electrons. The number of carbonyl (C=O) groups excluding carboxylic acids is 1. The summed E-state index contributed by atoms with van der Waals surface area (Å²) in [6, 6.07) is 3.29. The van der Waals surface area contributed by atoms with Gasteiger partial charge in [-0.2, -0.15) is 5.10 Å². The topological polar surface area (TPSA) is 91.2 Å². The van der Waals surface area contributed by atoms with Crippen LogP contribution in [0, 0.1) is 0 Å². The molecule has 0 saturated carbocycles. The Kier molecular flexibility index (Phi) is 3.84.